The van der Waals surface area contributed by atoms with Gasteiger partial charge >= 0.3 is 7.82 Å². The lowest BCUT2D eigenvalue weighted by molar-refractivity contribution is -0.0706. The third-order valence-corrected chi connectivity index (χ3v) is 6.33. The second-order valence-electron chi connectivity index (χ2n) is 7.34. The molecular weight excluding hydrogens is 420 g/mol. The molecule has 0 amide bonds. The molecule has 2 aliphatic rings. The summed E-state index contributed by atoms with van der Waals surface area (Å²) >= 11 is 0. The van der Waals surface area contributed by atoms with Crippen molar-refractivity contribution in [2.45, 2.75) is 57.7 Å². The van der Waals surface area contributed by atoms with Crippen LogP contribution in [0.5, 0.6) is 5.88 Å². The number of ether oxygens (including phenoxy) is 2. The summed E-state index contributed by atoms with van der Waals surface area (Å²) in [7, 11) is -3.87. The van der Waals surface area contributed by atoms with Crippen molar-refractivity contribution in [3.05, 3.63) is 6.33 Å². The Balaban J connectivity index is 1.66. The molecule has 2 aliphatic heterocycles. The number of nitrogen functional groups attached to an aromatic ring is 1. The average Bonchev–Trinajstić information content (AvgIpc) is 3.23. The largest absolute Gasteiger partial charge is 0.476 e. The Bertz CT molecular complexity index is 972. The highest BCUT2D eigenvalue weighted by Gasteiger charge is 2.61. The van der Waals surface area contributed by atoms with Gasteiger partial charge in [0.2, 0.25) is 11.8 Å². The molecular formula is C17H25FN5O6P. The monoisotopic (exact) mass is 445 g/mol. The molecule has 0 bridgehead atoms. The number of anilines is 1. The maximum atomic E-state index is 15.9. The van der Waals surface area contributed by atoms with Crippen LogP contribution in [-0.4, -0.2) is 57.2 Å². The maximum Gasteiger partial charge on any atom is 0.475 e. The Hall–Kier alpha value is -1.85. The van der Waals surface area contributed by atoms with Crippen molar-refractivity contribution < 1.29 is 32.0 Å². The van der Waals surface area contributed by atoms with E-state index in [0.29, 0.717) is 18.5 Å². The van der Waals surface area contributed by atoms with Crippen LogP contribution in [0, 0.1) is 0 Å². The minimum atomic E-state index is -3.87. The fourth-order valence-corrected chi connectivity index (χ4v) is 5.04. The number of imidazole rings is 1. The molecule has 4 heterocycles. The number of alkyl halides is 1. The fraction of sp³-hybridized carbons (Fsp3) is 0.706. The standard InChI is InChI=1S/C17H25FN5O6P/c1-4-6-25-14-11-13(21-16(19)22-14)23(9-20-11)15-17(3,18)12-10(28-15)8-27-30(24,29-12)26-7-5-2/h9-10,12,15H,4-8H2,1-3H3,(H2,19,21,22)/t10-,12-,15-,17-,30-/m1/s1. The number of hydrogen-bond acceptors (Lipinski definition) is 10. The Morgan fingerprint density at radius 2 is 2.13 bits per heavy atom. The van der Waals surface area contributed by atoms with Crippen molar-refractivity contribution in [2.24, 2.45) is 0 Å². The SMILES string of the molecule is CCCOc1nc(N)nc2c1ncn2[C@@H]1O[C@@H]2CO[P@@](=O)(OCCC)O[C@H]2[C@@]1(C)F. The molecule has 30 heavy (non-hydrogen) atoms. The van der Waals surface area contributed by atoms with Gasteiger partial charge in [0.15, 0.2) is 23.1 Å². The molecule has 2 fully saturated rings. The molecule has 0 spiro atoms. The second kappa shape index (κ2) is 8.01. The third kappa shape index (κ3) is 3.67. The molecule has 13 heteroatoms. The van der Waals surface area contributed by atoms with Gasteiger partial charge in [0.05, 0.1) is 26.1 Å². The molecule has 0 unspecified atom stereocenters. The summed E-state index contributed by atoms with van der Waals surface area (Å²) in [6, 6.07) is 0. The highest BCUT2D eigenvalue weighted by molar-refractivity contribution is 7.48. The van der Waals surface area contributed by atoms with Crippen molar-refractivity contribution in [1.29, 1.82) is 0 Å². The molecule has 2 N–H and O–H groups in total. The van der Waals surface area contributed by atoms with Crippen LogP contribution in [0.2, 0.25) is 0 Å². The summed E-state index contributed by atoms with van der Waals surface area (Å²) in [5, 5.41) is 0. The number of rotatable bonds is 7. The molecule has 0 radical (unpaired) electrons. The summed E-state index contributed by atoms with van der Waals surface area (Å²) in [6.07, 6.45) is -0.364. The van der Waals surface area contributed by atoms with Gasteiger partial charge in [0.1, 0.15) is 12.2 Å². The lowest BCUT2D eigenvalue weighted by atomic mass is 9.98. The van der Waals surface area contributed by atoms with Crippen molar-refractivity contribution in [1.82, 2.24) is 19.5 Å². The first-order valence-corrected chi connectivity index (χ1v) is 11.3. The minimum absolute atomic E-state index is 0.0385. The van der Waals surface area contributed by atoms with Gasteiger partial charge in [-0.25, -0.2) is 13.9 Å². The van der Waals surface area contributed by atoms with Gasteiger partial charge in [0.25, 0.3) is 0 Å². The zero-order chi connectivity index (χ0) is 21.5. The zero-order valence-electron chi connectivity index (χ0n) is 17.0. The number of halogens is 1. The van der Waals surface area contributed by atoms with Crippen LogP contribution in [0.3, 0.4) is 0 Å². The van der Waals surface area contributed by atoms with Gasteiger partial charge in [0, 0.05) is 0 Å². The number of fused-ring (bicyclic) bond motifs is 2. The van der Waals surface area contributed by atoms with Gasteiger partial charge < -0.3 is 15.2 Å². The number of hydrogen-bond donors (Lipinski definition) is 1. The van der Waals surface area contributed by atoms with E-state index < -0.39 is 31.9 Å². The van der Waals surface area contributed by atoms with E-state index in [0.717, 1.165) is 6.42 Å². The van der Waals surface area contributed by atoms with Crippen LogP contribution in [0.4, 0.5) is 10.3 Å². The minimum Gasteiger partial charge on any atom is -0.476 e. The second-order valence-corrected chi connectivity index (χ2v) is 8.96. The molecule has 166 valence electrons. The molecule has 4 rings (SSSR count). The van der Waals surface area contributed by atoms with E-state index in [4.69, 9.17) is 28.8 Å². The number of aromatic nitrogens is 4. The third-order valence-electron chi connectivity index (χ3n) is 4.88. The molecule has 5 atom stereocenters. The highest BCUT2D eigenvalue weighted by atomic mass is 31.2. The van der Waals surface area contributed by atoms with Gasteiger partial charge in [-0.2, -0.15) is 9.97 Å². The maximum absolute atomic E-state index is 15.9. The smallest absolute Gasteiger partial charge is 0.475 e. The zero-order valence-corrected chi connectivity index (χ0v) is 17.9. The van der Waals surface area contributed by atoms with E-state index in [9.17, 15) is 4.57 Å². The average molecular weight is 445 g/mol. The summed E-state index contributed by atoms with van der Waals surface area (Å²) < 4.78 is 57.4. The van der Waals surface area contributed by atoms with E-state index >= 15 is 4.39 Å². The van der Waals surface area contributed by atoms with Crippen LogP contribution in [0.25, 0.3) is 11.2 Å². The van der Waals surface area contributed by atoms with Crippen LogP contribution in [0.15, 0.2) is 6.33 Å². The van der Waals surface area contributed by atoms with E-state index in [-0.39, 0.29) is 30.7 Å². The van der Waals surface area contributed by atoms with Crippen molar-refractivity contribution in [3.8, 4) is 5.88 Å². The Kier molecular flexibility index (Phi) is 5.71. The number of nitrogens with two attached hydrogens (primary N) is 1. The van der Waals surface area contributed by atoms with Crippen molar-refractivity contribution in [3.63, 3.8) is 0 Å². The first kappa shape index (κ1) is 21.4. The Labute approximate surface area is 172 Å². The molecule has 0 aromatic carbocycles. The van der Waals surface area contributed by atoms with Crippen LogP contribution in [0.1, 0.15) is 39.8 Å². The van der Waals surface area contributed by atoms with Crippen LogP contribution < -0.4 is 10.5 Å². The van der Waals surface area contributed by atoms with Crippen molar-refractivity contribution >= 4 is 24.9 Å². The van der Waals surface area contributed by atoms with E-state index in [2.05, 4.69) is 15.0 Å². The van der Waals surface area contributed by atoms with Gasteiger partial charge in [-0.15, -0.1) is 0 Å². The molecule has 2 aromatic heterocycles. The highest BCUT2D eigenvalue weighted by Crippen LogP contribution is 2.59. The Morgan fingerprint density at radius 3 is 2.87 bits per heavy atom. The first-order chi connectivity index (χ1) is 14.3. The summed E-state index contributed by atoms with van der Waals surface area (Å²) in [5.74, 6) is 0.175. The quantitative estimate of drug-likeness (QED) is 0.634. The van der Waals surface area contributed by atoms with Crippen LogP contribution in [-0.2, 0) is 22.9 Å². The van der Waals surface area contributed by atoms with E-state index in [1.165, 1.54) is 17.8 Å². The van der Waals surface area contributed by atoms with Gasteiger partial charge in [-0.05, 0) is 19.8 Å². The normalized spacial score (nSPS) is 33.7. The van der Waals surface area contributed by atoms with Gasteiger partial charge in [-0.3, -0.25) is 18.1 Å². The molecule has 0 saturated carbocycles. The van der Waals surface area contributed by atoms with Crippen LogP contribution >= 0.6 is 7.82 Å². The predicted molar refractivity (Wildman–Crippen MR) is 104 cm³/mol. The lowest BCUT2D eigenvalue weighted by Gasteiger charge is -2.33. The summed E-state index contributed by atoms with van der Waals surface area (Å²) in [4.78, 5) is 12.5. The summed E-state index contributed by atoms with van der Waals surface area (Å²) in [6.45, 7) is 5.57. The number of phosphoric ester groups is 1. The fourth-order valence-electron chi connectivity index (χ4n) is 3.49. The number of phosphoric acid groups is 1. The lowest BCUT2D eigenvalue weighted by Crippen LogP contribution is -2.44. The first-order valence-electron chi connectivity index (χ1n) is 9.83. The Morgan fingerprint density at radius 1 is 1.37 bits per heavy atom. The summed E-state index contributed by atoms with van der Waals surface area (Å²) in [5.41, 5.74) is 4.32. The molecule has 11 nitrogen and oxygen atoms in total. The predicted octanol–water partition coefficient (Wildman–Crippen LogP) is 2.77. The molecule has 2 aromatic rings. The number of nitrogens with zero attached hydrogens (tertiary/aromatic N) is 4. The molecule has 0 aliphatic carbocycles. The molecule has 2 saturated heterocycles. The van der Waals surface area contributed by atoms with Gasteiger partial charge in [-0.1, -0.05) is 13.8 Å². The van der Waals surface area contributed by atoms with E-state index in [1.807, 2.05) is 13.8 Å². The topological polar surface area (TPSA) is 133 Å². The van der Waals surface area contributed by atoms with E-state index in [1.54, 1.807) is 0 Å². The van der Waals surface area contributed by atoms with Crippen molar-refractivity contribution in [2.75, 3.05) is 25.6 Å².